The molecule has 5 nitrogen and oxygen atoms in total. The third kappa shape index (κ3) is 4.29. The van der Waals surface area contributed by atoms with Crippen molar-refractivity contribution in [3.63, 3.8) is 0 Å². The van der Waals surface area contributed by atoms with E-state index in [1.54, 1.807) is 24.3 Å². The monoisotopic (exact) mass is 232 g/mol. The number of anilines is 1. The van der Waals surface area contributed by atoms with Gasteiger partial charge in [-0.05, 0) is 30.3 Å². The Morgan fingerprint density at radius 2 is 1.71 bits per heavy atom. The SMILES string of the molecule is CC(=O)Nc1ccc(C(=O)/C=C\C(N)=O)cc1. The van der Waals surface area contributed by atoms with E-state index in [0.717, 1.165) is 12.2 Å². The minimum absolute atomic E-state index is 0.183. The molecule has 88 valence electrons. The molecule has 0 bridgehead atoms. The van der Waals surface area contributed by atoms with Gasteiger partial charge >= 0.3 is 0 Å². The van der Waals surface area contributed by atoms with E-state index in [9.17, 15) is 14.4 Å². The van der Waals surface area contributed by atoms with Gasteiger partial charge in [-0.1, -0.05) is 0 Å². The molecule has 0 radical (unpaired) electrons. The summed E-state index contributed by atoms with van der Waals surface area (Å²) in [6.45, 7) is 1.40. The fourth-order valence-corrected chi connectivity index (χ4v) is 1.18. The van der Waals surface area contributed by atoms with Crippen LogP contribution in [-0.4, -0.2) is 17.6 Å². The number of carbonyl (C=O) groups is 3. The molecule has 0 aliphatic carbocycles. The highest BCUT2D eigenvalue weighted by Gasteiger charge is 2.02. The van der Waals surface area contributed by atoms with Crippen LogP contribution in [0.5, 0.6) is 0 Å². The number of ketones is 1. The summed E-state index contributed by atoms with van der Waals surface area (Å²) in [5.41, 5.74) is 5.89. The van der Waals surface area contributed by atoms with Crippen LogP contribution in [-0.2, 0) is 9.59 Å². The maximum absolute atomic E-state index is 11.5. The predicted molar refractivity (Wildman–Crippen MR) is 63.4 cm³/mol. The molecule has 1 aromatic carbocycles. The highest BCUT2D eigenvalue weighted by molar-refractivity contribution is 6.07. The van der Waals surface area contributed by atoms with Crippen LogP contribution in [0.3, 0.4) is 0 Å². The molecular formula is C12H12N2O3. The van der Waals surface area contributed by atoms with Gasteiger partial charge in [0.2, 0.25) is 11.8 Å². The van der Waals surface area contributed by atoms with Crippen molar-refractivity contribution < 1.29 is 14.4 Å². The van der Waals surface area contributed by atoms with Crippen LogP contribution in [0, 0.1) is 0 Å². The zero-order chi connectivity index (χ0) is 12.8. The van der Waals surface area contributed by atoms with Crippen molar-refractivity contribution in [2.75, 3.05) is 5.32 Å². The maximum Gasteiger partial charge on any atom is 0.241 e. The van der Waals surface area contributed by atoms with Crippen LogP contribution in [0.2, 0.25) is 0 Å². The first-order valence-electron chi connectivity index (χ1n) is 4.88. The highest BCUT2D eigenvalue weighted by Crippen LogP contribution is 2.10. The summed E-state index contributed by atoms with van der Waals surface area (Å²) in [4.78, 5) is 32.7. The van der Waals surface area contributed by atoms with E-state index in [1.807, 2.05) is 0 Å². The minimum Gasteiger partial charge on any atom is -0.366 e. The van der Waals surface area contributed by atoms with Crippen LogP contribution < -0.4 is 11.1 Å². The van der Waals surface area contributed by atoms with E-state index < -0.39 is 5.91 Å². The lowest BCUT2D eigenvalue weighted by Crippen LogP contribution is -2.07. The van der Waals surface area contributed by atoms with Crippen molar-refractivity contribution in [1.29, 1.82) is 0 Å². The van der Waals surface area contributed by atoms with Crippen LogP contribution in [0.25, 0.3) is 0 Å². The first-order valence-corrected chi connectivity index (χ1v) is 4.88. The number of carbonyl (C=O) groups excluding carboxylic acids is 3. The second-order valence-electron chi connectivity index (χ2n) is 3.36. The zero-order valence-corrected chi connectivity index (χ0v) is 9.27. The van der Waals surface area contributed by atoms with Crippen LogP contribution in [0.15, 0.2) is 36.4 Å². The van der Waals surface area contributed by atoms with Gasteiger partial charge in [-0.2, -0.15) is 0 Å². The summed E-state index contributed by atoms with van der Waals surface area (Å²) in [6, 6.07) is 6.32. The van der Waals surface area contributed by atoms with Gasteiger partial charge < -0.3 is 11.1 Å². The van der Waals surface area contributed by atoms with Gasteiger partial charge in [0.1, 0.15) is 0 Å². The number of rotatable bonds is 4. The normalized spacial score (nSPS) is 10.2. The Balaban J connectivity index is 2.77. The summed E-state index contributed by atoms with van der Waals surface area (Å²) in [6.07, 6.45) is 2.11. The Hall–Kier alpha value is -2.43. The Morgan fingerprint density at radius 1 is 1.12 bits per heavy atom. The fraction of sp³-hybridized carbons (Fsp3) is 0.0833. The average molecular weight is 232 g/mol. The molecule has 0 unspecified atom stereocenters. The van der Waals surface area contributed by atoms with Crippen molar-refractivity contribution in [1.82, 2.24) is 0 Å². The van der Waals surface area contributed by atoms with E-state index in [-0.39, 0.29) is 11.7 Å². The number of amides is 2. The van der Waals surface area contributed by atoms with Gasteiger partial charge in [0, 0.05) is 24.3 Å². The first kappa shape index (κ1) is 12.6. The lowest BCUT2D eigenvalue weighted by atomic mass is 10.1. The van der Waals surface area contributed by atoms with Crippen molar-refractivity contribution >= 4 is 23.3 Å². The van der Waals surface area contributed by atoms with Crippen molar-refractivity contribution in [2.24, 2.45) is 5.73 Å². The lowest BCUT2D eigenvalue weighted by molar-refractivity contribution is -0.114. The zero-order valence-electron chi connectivity index (χ0n) is 9.27. The highest BCUT2D eigenvalue weighted by atomic mass is 16.2. The van der Waals surface area contributed by atoms with E-state index in [2.05, 4.69) is 5.32 Å². The molecule has 17 heavy (non-hydrogen) atoms. The Bertz CT molecular complexity index is 475. The molecule has 0 aliphatic rings. The third-order valence-electron chi connectivity index (χ3n) is 1.89. The largest absolute Gasteiger partial charge is 0.366 e. The van der Waals surface area contributed by atoms with Crippen LogP contribution in [0.1, 0.15) is 17.3 Å². The van der Waals surface area contributed by atoms with Gasteiger partial charge in [-0.3, -0.25) is 14.4 Å². The van der Waals surface area contributed by atoms with Crippen LogP contribution >= 0.6 is 0 Å². The minimum atomic E-state index is -0.673. The summed E-state index contributed by atoms with van der Waals surface area (Å²) < 4.78 is 0. The number of nitrogens with two attached hydrogens (primary N) is 1. The molecule has 2 amide bonds. The Kier molecular flexibility index (Phi) is 4.16. The molecule has 5 heteroatoms. The molecule has 0 fully saturated rings. The molecule has 3 N–H and O–H groups in total. The summed E-state index contributed by atoms with van der Waals surface area (Å²) in [5, 5.41) is 2.58. The van der Waals surface area contributed by atoms with E-state index in [0.29, 0.717) is 11.3 Å². The predicted octanol–water partition coefficient (Wildman–Crippen LogP) is 0.869. The maximum atomic E-state index is 11.5. The van der Waals surface area contributed by atoms with Gasteiger partial charge in [-0.15, -0.1) is 0 Å². The Morgan fingerprint density at radius 3 is 2.18 bits per heavy atom. The number of benzene rings is 1. The Labute approximate surface area is 98.3 Å². The molecule has 0 aliphatic heterocycles. The molecule has 0 saturated carbocycles. The van der Waals surface area contributed by atoms with Crippen molar-refractivity contribution in [3.8, 4) is 0 Å². The molecule has 0 aromatic heterocycles. The smallest absolute Gasteiger partial charge is 0.241 e. The molecule has 1 aromatic rings. The van der Waals surface area contributed by atoms with E-state index in [1.165, 1.54) is 6.92 Å². The topological polar surface area (TPSA) is 89.3 Å². The van der Waals surface area contributed by atoms with E-state index in [4.69, 9.17) is 5.73 Å². The van der Waals surface area contributed by atoms with Gasteiger partial charge in [0.25, 0.3) is 0 Å². The van der Waals surface area contributed by atoms with Gasteiger partial charge in [0.15, 0.2) is 5.78 Å². The standard InChI is InChI=1S/C12H12N2O3/c1-8(15)14-10-4-2-9(3-5-10)11(16)6-7-12(13)17/h2-7H,1H3,(H2,13,17)(H,14,15)/b7-6-. The number of primary amides is 1. The summed E-state index contributed by atoms with van der Waals surface area (Å²) in [5.74, 6) is -1.18. The number of allylic oxidation sites excluding steroid dienone is 1. The van der Waals surface area contributed by atoms with E-state index >= 15 is 0 Å². The summed E-state index contributed by atoms with van der Waals surface area (Å²) >= 11 is 0. The lowest BCUT2D eigenvalue weighted by Gasteiger charge is -2.02. The first-order chi connectivity index (χ1) is 7.99. The molecule has 1 rings (SSSR count). The molecular weight excluding hydrogens is 220 g/mol. The van der Waals surface area contributed by atoms with Crippen LogP contribution in [0.4, 0.5) is 5.69 Å². The summed E-state index contributed by atoms with van der Waals surface area (Å²) in [7, 11) is 0. The number of hydrogen-bond acceptors (Lipinski definition) is 3. The van der Waals surface area contributed by atoms with Crippen molar-refractivity contribution in [2.45, 2.75) is 6.92 Å². The molecule has 0 saturated heterocycles. The number of nitrogens with one attached hydrogen (secondary N) is 1. The van der Waals surface area contributed by atoms with Gasteiger partial charge in [0.05, 0.1) is 0 Å². The third-order valence-corrected chi connectivity index (χ3v) is 1.89. The second kappa shape index (κ2) is 5.60. The fourth-order valence-electron chi connectivity index (χ4n) is 1.18. The molecule has 0 heterocycles. The van der Waals surface area contributed by atoms with Gasteiger partial charge in [-0.25, -0.2) is 0 Å². The van der Waals surface area contributed by atoms with Crippen molar-refractivity contribution in [3.05, 3.63) is 42.0 Å². The average Bonchev–Trinajstić information content (AvgIpc) is 2.26. The molecule has 0 atom stereocenters. The second-order valence-corrected chi connectivity index (χ2v) is 3.36. The quantitative estimate of drug-likeness (QED) is 0.596. The molecule has 0 spiro atoms. The number of hydrogen-bond donors (Lipinski definition) is 2.